The summed E-state index contributed by atoms with van der Waals surface area (Å²) in [6.07, 6.45) is 1.09. The average molecular weight is 295 g/mol. The van der Waals surface area contributed by atoms with Crippen molar-refractivity contribution in [2.24, 2.45) is 0 Å². The summed E-state index contributed by atoms with van der Waals surface area (Å²) in [6, 6.07) is 11.4. The van der Waals surface area contributed by atoms with Gasteiger partial charge in [-0.3, -0.25) is 0 Å². The number of fused-ring (bicyclic) bond motifs is 1. The second kappa shape index (κ2) is 6.16. The SMILES string of the molecule is C=C(NC(C)CC)c1c(C)cc2ccccc2c1C(C)(C)C. The van der Waals surface area contributed by atoms with E-state index in [0.29, 0.717) is 6.04 Å². The molecule has 1 unspecified atom stereocenters. The van der Waals surface area contributed by atoms with E-state index >= 15 is 0 Å². The Balaban J connectivity index is 2.72. The molecule has 1 atom stereocenters. The van der Waals surface area contributed by atoms with Crippen molar-refractivity contribution in [3.63, 3.8) is 0 Å². The van der Waals surface area contributed by atoms with Crippen molar-refractivity contribution in [3.05, 3.63) is 53.6 Å². The molecule has 1 nitrogen and oxygen atoms in total. The van der Waals surface area contributed by atoms with Crippen molar-refractivity contribution in [1.29, 1.82) is 0 Å². The Morgan fingerprint density at radius 3 is 2.45 bits per heavy atom. The molecule has 0 aromatic heterocycles. The Bertz CT molecular complexity index is 689. The maximum atomic E-state index is 4.34. The lowest BCUT2D eigenvalue weighted by molar-refractivity contribution is 0.589. The molecule has 118 valence electrons. The molecule has 0 saturated heterocycles. The van der Waals surface area contributed by atoms with Crippen molar-refractivity contribution in [1.82, 2.24) is 5.32 Å². The van der Waals surface area contributed by atoms with Crippen LogP contribution in [-0.2, 0) is 5.41 Å². The Labute approximate surface area is 135 Å². The number of hydrogen-bond donors (Lipinski definition) is 1. The quantitative estimate of drug-likeness (QED) is 0.751. The van der Waals surface area contributed by atoms with Gasteiger partial charge in [-0.05, 0) is 47.6 Å². The van der Waals surface area contributed by atoms with Crippen LogP contribution < -0.4 is 5.32 Å². The Hall–Kier alpha value is -1.76. The molecule has 2 aromatic rings. The molecule has 2 aromatic carbocycles. The van der Waals surface area contributed by atoms with Crippen LogP contribution in [0.1, 0.15) is 57.7 Å². The van der Waals surface area contributed by atoms with Crippen molar-refractivity contribution < 1.29 is 0 Å². The molecule has 0 amide bonds. The summed E-state index contributed by atoms with van der Waals surface area (Å²) in [5, 5.41) is 6.22. The standard InChI is InChI=1S/C21H29N/c1-8-15(3)22-16(4)19-14(2)13-17-11-9-10-12-18(17)20(19)21(5,6)7/h9-13,15,22H,4,8H2,1-3,5-7H3. The molecule has 0 bridgehead atoms. The zero-order valence-corrected chi connectivity index (χ0v) is 14.9. The molecule has 2 rings (SSSR count). The van der Waals surface area contributed by atoms with Gasteiger partial charge >= 0.3 is 0 Å². The van der Waals surface area contributed by atoms with Gasteiger partial charge in [0.15, 0.2) is 0 Å². The van der Waals surface area contributed by atoms with Gasteiger partial charge in [0.25, 0.3) is 0 Å². The first-order chi connectivity index (χ1) is 10.3. The van der Waals surface area contributed by atoms with E-state index in [1.807, 2.05) is 0 Å². The first-order valence-corrected chi connectivity index (χ1v) is 8.24. The number of rotatable bonds is 4. The molecule has 0 fully saturated rings. The van der Waals surface area contributed by atoms with Gasteiger partial charge < -0.3 is 5.32 Å². The monoisotopic (exact) mass is 295 g/mol. The lowest BCUT2D eigenvalue weighted by Gasteiger charge is -2.29. The van der Waals surface area contributed by atoms with E-state index < -0.39 is 0 Å². The van der Waals surface area contributed by atoms with Crippen molar-refractivity contribution in [2.75, 3.05) is 0 Å². The maximum absolute atomic E-state index is 4.34. The first-order valence-electron chi connectivity index (χ1n) is 8.24. The highest BCUT2D eigenvalue weighted by Gasteiger charge is 2.24. The zero-order chi connectivity index (χ0) is 16.5. The van der Waals surface area contributed by atoms with Crippen LogP contribution in [0.5, 0.6) is 0 Å². The average Bonchev–Trinajstić information content (AvgIpc) is 2.44. The van der Waals surface area contributed by atoms with E-state index in [1.165, 1.54) is 27.5 Å². The summed E-state index contributed by atoms with van der Waals surface area (Å²) in [7, 11) is 0. The topological polar surface area (TPSA) is 12.0 Å². The van der Waals surface area contributed by atoms with Crippen LogP contribution in [0.3, 0.4) is 0 Å². The van der Waals surface area contributed by atoms with Crippen LogP contribution in [-0.4, -0.2) is 6.04 Å². The predicted octanol–water partition coefficient (Wildman–Crippen LogP) is 5.80. The fourth-order valence-electron chi connectivity index (χ4n) is 3.13. The van der Waals surface area contributed by atoms with E-state index in [2.05, 4.69) is 83.8 Å². The minimum Gasteiger partial charge on any atom is -0.383 e. The fraction of sp³-hybridized carbons (Fsp3) is 0.429. The molecule has 22 heavy (non-hydrogen) atoms. The van der Waals surface area contributed by atoms with Gasteiger partial charge in [-0.15, -0.1) is 0 Å². The lowest BCUT2D eigenvalue weighted by atomic mass is 9.78. The smallest absolute Gasteiger partial charge is 0.0348 e. The van der Waals surface area contributed by atoms with Crippen LogP contribution in [0.2, 0.25) is 0 Å². The minimum absolute atomic E-state index is 0.0705. The molecule has 0 aliphatic carbocycles. The molecule has 0 spiro atoms. The largest absolute Gasteiger partial charge is 0.383 e. The van der Waals surface area contributed by atoms with E-state index in [9.17, 15) is 0 Å². The number of benzene rings is 2. The van der Waals surface area contributed by atoms with E-state index in [4.69, 9.17) is 0 Å². The normalized spacial score (nSPS) is 13.2. The maximum Gasteiger partial charge on any atom is 0.0348 e. The second-order valence-corrected chi connectivity index (χ2v) is 7.35. The number of hydrogen-bond acceptors (Lipinski definition) is 1. The Kier molecular flexibility index (Phi) is 4.65. The van der Waals surface area contributed by atoms with Gasteiger partial charge in [0.1, 0.15) is 0 Å². The summed E-state index contributed by atoms with van der Waals surface area (Å²) in [5.74, 6) is 0. The van der Waals surface area contributed by atoms with E-state index in [1.54, 1.807) is 0 Å². The molecule has 0 heterocycles. The van der Waals surface area contributed by atoms with Crippen molar-refractivity contribution in [2.45, 2.75) is 59.4 Å². The highest BCUT2D eigenvalue weighted by Crippen LogP contribution is 2.37. The third-order valence-corrected chi connectivity index (χ3v) is 4.33. The molecule has 0 saturated carbocycles. The molecule has 0 aliphatic heterocycles. The van der Waals surface area contributed by atoms with Crippen molar-refractivity contribution >= 4 is 16.5 Å². The van der Waals surface area contributed by atoms with Gasteiger partial charge in [0.05, 0.1) is 0 Å². The van der Waals surface area contributed by atoms with E-state index in [0.717, 1.165) is 12.1 Å². The molecule has 0 radical (unpaired) electrons. The summed E-state index contributed by atoms with van der Waals surface area (Å²) in [5.41, 5.74) is 5.09. The summed E-state index contributed by atoms with van der Waals surface area (Å²) in [4.78, 5) is 0. The van der Waals surface area contributed by atoms with Gasteiger partial charge in [-0.2, -0.15) is 0 Å². The molecule has 1 N–H and O–H groups in total. The number of aryl methyl sites for hydroxylation is 1. The molecular weight excluding hydrogens is 266 g/mol. The Morgan fingerprint density at radius 2 is 1.86 bits per heavy atom. The van der Waals surface area contributed by atoms with Crippen LogP contribution in [0.15, 0.2) is 36.9 Å². The minimum atomic E-state index is 0.0705. The third kappa shape index (κ3) is 3.19. The lowest BCUT2D eigenvalue weighted by Crippen LogP contribution is -2.26. The first kappa shape index (κ1) is 16.6. The van der Waals surface area contributed by atoms with Crippen LogP contribution in [0, 0.1) is 6.92 Å². The Morgan fingerprint density at radius 1 is 1.23 bits per heavy atom. The molecule has 1 heteroatoms. The van der Waals surface area contributed by atoms with Gasteiger partial charge in [0, 0.05) is 17.3 Å². The zero-order valence-electron chi connectivity index (χ0n) is 14.9. The van der Waals surface area contributed by atoms with Crippen LogP contribution in [0.25, 0.3) is 16.5 Å². The summed E-state index contributed by atoms with van der Waals surface area (Å²) >= 11 is 0. The number of nitrogens with one attached hydrogen (secondary N) is 1. The van der Waals surface area contributed by atoms with Gasteiger partial charge in [-0.25, -0.2) is 0 Å². The fourth-order valence-corrected chi connectivity index (χ4v) is 3.13. The van der Waals surface area contributed by atoms with Crippen LogP contribution >= 0.6 is 0 Å². The van der Waals surface area contributed by atoms with E-state index in [-0.39, 0.29) is 5.41 Å². The van der Waals surface area contributed by atoms with Crippen molar-refractivity contribution in [3.8, 4) is 0 Å². The molecular formula is C21H29N. The summed E-state index contributed by atoms with van der Waals surface area (Å²) in [6.45, 7) is 17.8. The predicted molar refractivity (Wildman–Crippen MR) is 99.3 cm³/mol. The molecule has 0 aliphatic rings. The highest BCUT2D eigenvalue weighted by atomic mass is 14.9. The van der Waals surface area contributed by atoms with Gasteiger partial charge in [0.2, 0.25) is 0 Å². The van der Waals surface area contributed by atoms with Gasteiger partial charge in [-0.1, -0.05) is 64.6 Å². The summed E-state index contributed by atoms with van der Waals surface area (Å²) < 4.78 is 0. The van der Waals surface area contributed by atoms with Crippen LogP contribution in [0.4, 0.5) is 0 Å². The third-order valence-electron chi connectivity index (χ3n) is 4.33. The highest BCUT2D eigenvalue weighted by molar-refractivity contribution is 5.92. The second-order valence-electron chi connectivity index (χ2n) is 7.35.